The van der Waals surface area contributed by atoms with Gasteiger partial charge in [0.2, 0.25) is 0 Å². The van der Waals surface area contributed by atoms with E-state index < -0.39 is 0 Å². The monoisotopic (exact) mass is 240 g/mol. The zero-order valence-electron chi connectivity index (χ0n) is 6.87. The number of hydrogen-bond donors (Lipinski definition) is 0. The normalized spacial score (nSPS) is 15.7. The Kier molecular flexibility index (Phi) is 4.10. The topological polar surface area (TPSA) is 0 Å². The highest BCUT2D eigenvalue weighted by atomic mass is 127. The van der Waals surface area contributed by atoms with E-state index in [0.717, 1.165) is 3.92 Å². The first-order valence-electron chi connectivity index (χ1n) is 3.62. The molecule has 0 nitrogen and oxygen atoms in total. The van der Waals surface area contributed by atoms with Gasteiger partial charge in [0.05, 0.1) is 0 Å². The summed E-state index contributed by atoms with van der Waals surface area (Å²) in [7, 11) is 0. The molecule has 0 spiro atoms. The van der Waals surface area contributed by atoms with Gasteiger partial charge in [0.25, 0.3) is 0 Å². The van der Waals surface area contributed by atoms with Crippen molar-refractivity contribution in [2.75, 3.05) is 0 Å². The number of alkyl halides is 1. The summed E-state index contributed by atoms with van der Waals surface area (Å²) in [6, 6.07) is 0. The molecule has 9 heavy (non-hydrogen) atoms. The second-order valence-corrected chi connectivity index (χ2v) is 5.63. The van der Waals surface area contributed by atoms with Crippen molar-refractivity contribution in [2.24, 2.45) is 5.41 Å². The molecule has 1 atom stereocenters. The van der Waals surface area contributed by atoms with Crippen molar-refractivity contribution in [1.82, 2.24) is 0 Å². The Bertz CT molecular complexity index is 74.6. The quantitative estimate of drug-likeness (QED) is 0.522. The molecule has 0 aromatic rings. The van der Waals surface area contributed by atoms with Crippen LogP contribution in [0.4, 0.5) is 0 Å². The van der Waals surface area contributed by atoms with Gasteiger partial charge in [-0.25, -0.2) is 0 Å². The van der Waals surface area contributed by atoms with E-state index in [1.54, 1.807) is 0 Å². The smallest absolute Gasteiger partial charge is 0.00864 e. The van der Waals surface area contributed by atoms with Gasteiger partial charge in [-0.05, 0) is 11.8 Å². The van der Waals surface area contributed by atoms with Crippen molar-refractivity contribution in [3.63, 3.8) is 0 Å². The lowest BCUT2D eigenvalue weighted by atomic mass is 9.86. The highest BCUT2D eigenvalue weighted by molar-refractivity contribution is 14.1. The summed E-state index contributed by atoms with van der Waals surface area (Å²) in [6.45, 7) is 9.21. The van der Waals surface area contributed by atoms with Gasteiger partial charge in [0.1, 0.15) is 0 Å². The maximum Gasteiger partial charge on any atom is 0.00864 e. The molecule has 0 fully saturated rings. The predicted molar refractivity (Wildman–Crippen MR) is 52.2 cm³/mol. The molecule has 0 heterocycles. The van der Waals surface area contributed by atoms with Crippen LogP contribution in [0.15, 0.2) is 0 Å². The zero-order valence-corrected chi connectivity index (χ0v) is 9.03. The summed E-state index contributed by atoms with van der Waals surface area (Å²) < 4.78 is 0.817. The second-order valence-electron chi connectivity index (χ2n) is 3.50. The summed E-state index contributed by atoms with van der Waals surface area (Å²) in [4.78, 5) is 0. The molecule has 56 valence electrons. The van der Waals surface area contributed by atoms with E-state index in [1.165, 1.54) is 12.8 Å². The van der Waals surface area contributed by atoms with Gasteiger partial charge >= 0.3 is 0 Å². The van der Waals surface area contributed by atoms with Gasteiger partial charge in [-0.3, -0.25) is 0 Å². The Hall–Kier alpha value is 0.730. The van der Waals surface area contributed by atoms with Crippen molar-refractivity contribution in [1.29, 1.82) is 0 Å². The fourth-order valence-electron chi connectivity index (χ4n) is 0.906. The van der Waals surface area contributed by atoms with Gasteiger partial charge in [0, 0.05) is 3.92 Å². The lowest BCUT2D eigenvalue weighted by Gasteiger charge is -2.23. The van der Waals surface area contributed by atoms with Crippen molar-refractivity contribution in [3.05, 3.63) is 0 Å². The molecule has 0 rings (SSSR count). The molecule has 0 aromatic carbocycles. The molecular weight excluding hydrogens is 223 g/mol. The lowest BCUT2D eigenvalue weighted by molar-refractivity contribution is 0.326. The van der Waals surface area contributed by atoms with E-state index in [0.29, 0.717) is 5.41 Å². The average Bonchev–Trinajstić information content (AvgIpc) is 1.63. The standard InChI is InChI=1S/C8H17I/c1-5-8(3,4)6-7(2)9/h7H,5-6H2,1-4H3. The Morgan fingerprint density at radius 3 is 2.00 bits per heavy atom. The molecule has 0 aliphatic heterocycles. The third kappa shape index (κ3) is 5.19. The predicted octanol–water partition coefficient (Wildman–Crippen LogP) is 3.64. The molecule has 0 saturated carbocycles. The summed E-state index contributed by atoms with van der Waals surface area (Å²) in [6.07, 6.45) is 2.63. The second kappa shape index (κ2) is 3.79. The van der Waals surface area contributed by atoms with Gasteiger partial charge < -0.3 is 0 Å². The molecule has 0 aliphatic rings. The minimum absolute atomic E-state index is 0.556. The highest BCUT2D eigenvalue weighted by Gasteiger charge is 2.16. The van der Waals surface area contributed by atoms with Crippen LogP contribution in [0.25, 0.3) is 0 Å². The highest BCUT2D eigenvalue weighted by Crippen LogP contribution is 2.28. The first-order chi connectivity index (χ1) is 3.98. The third-order valence-corrected chi connectivity index (χ3v) is 2.23. The molecule has 1 heteroatoms. The van der Waals surface area contributed by atoms with E-state index in [9.17, 15) is 0 Å². The minimum atomic E-state index is 0.556. The Balaban J connectivity index is 3.58. The largest absolute Gasteiger partial charge is 0.0829 e. The molecular formula is C8H17I. The Morgan fingerprint density at radius 2 is 1.89 bits per heavy atom. The average molecular weight is 240 g/mol. The molecule has 0 amide bonds. The Morgan fingerprint density at radius 1 is 1.44 bits per heavy atom. The molecule has 0 bridgehead atoms. The summed E-state index contributed by atoms with van der Waals surface area (Å²) in [5.74, 6) is 0. The van der Waals surface area contributed by atoms with Gasteiger partial charge in [-0.2, -0.15) is 0 Å². The van der Waals surface area contributed by atoms with Crippen LogP contribution in [-0.2, 0) is 0 Å². The molecule has 0 aliphatic carbocycles. The van der Waals surface area contributed by atoms with Crippen molar-refractivity contribution in [3.8, 4) is 0 Å². The summed E-state index contributed by atoms with van der Waals surface area (Å²) >= 11 is 2.49. The van der Waals surface area contributed by atoms with Crippen LogP contribution in [0.5, 0.6) is 0 Å². The first-order valence-corrected chi connectivity index (χ1v) is 4.86. The maximum atomic E-state index is 2.49. The van der Waals surface area contributed by atoms with E-state index in [-0.39, 0.29) is 0 Å². The Labute approximate surface area is 72.6 Å². The van der Waals surface area contributed by atoms with Crippen LogP contribution >= 0.6 is 22.6 Å². The minimum Gasteiger partial charge on any atom is -0.0829 e. The third-order valence-electron chi connectivity index (χ3n) is 1.79. The number of halogens is 1. The van der Waals surface area contributed by atoms with Crippen LogP contribution in [-0.4, -0.2) is 3.92 Å². The first kappa shape index (κ1) is 9.73. The summed E-state index contributed by atoms with van der Waals surface area (Å²) in [5, 5.41) is 0. The van der Waals surface area contributed by atoms with Crippen LogP contribution in [0.1, 0.15) is 40.5 Å². The lowest BCUT2D eigenvalue weighted by Crippen LogP contribution is -2.13. The molecule has 0 aromatic heterocycles. The molecule has 0 N–H and O–H groups in total. The molecule has 0 radical (unpaired) electrons. The van der Waals surface area contributed by atoms with Crippen molar-refractivity contribution < 1.29 is 0 Å². The van der Waals surface area contributed by atoms with Crippen LogP contribution in [0, 0.1) is 5.41 Å². The van der Waals surface area contributed by atoms with E-state index >= 15 is 0 Å². The van der Waals surface area contributed by atoms with E-state index in [1.807, 2.05) is 0 Å². The zero-order chi connectivity index (χ0) is 7.49. The van der Waals surface area contributed by atoms with Gasteiger partial charge in [0.15, 0.2) is 0 Å². The number of rotatable bonds is 3. The molecule has 1 unspecified atom stereocenters. The van der Waals surface area contributed by atoms with E-state index in [4.69, 9.17) is 0 Å². The number of hydrogen-bond acceptors (Lipinski definition) is 0. The fourth-order valence-corrected chi connectivity index (χ4v) is 2.10. The van der Waals surface area contributed by atoms with Crippen molar-refractivity contribution in [2.45, 2.75) is 44.5 Å². The summed E-state index contributed by atoms with van der Waals surface area (Å²) in [5.41, 5.74) is 0.556. The SMILES string of the molecule is CCC(C)(C)CC(C)I. The van der Waals surface area contributed by atoms with Crippen LogP contribution in [0.2, 0.25) is 0 Å². The molecule has 0 saturated heterocycles. The van der Waals surface area contributed by atoms with Crippen LogP contribution < -0.4 is 0 Å². The van der Waals surface area contributed by atoms with E-state index in [2.05, 4.69) is 50.3 Å². The maximum absolute atomic E-state index is 2.49. The van der Waals surface area contributed by atoms with Crippen molar-refractivity contribution >= 4 is 22.6 Å². The van der Waals surface area contributed by atoms with Gasteiger partial charge in [-0.1, -0.05) is 56.7 Å². The fraction of sp³-hybridized carbons (Fsp3) is 1.00. The van der Waals surface area contributed by atoms with Crippen LogP contribution in [0.3, 0.4) is 0 Å². The van der Waals surface area contributed by atoms with Gasteiger partial charge in [-0.15, -0.1) is 0 Å².